The Balaban J connectivity index is 2.22. The first-order valence-electron chi connectivity index (χ1n) is 16.7. The van der Waals surface area contributed by atoms with E-state index in [9.17, 15) is 28.8 Å². The smallest absolute Gasteiger partial charge is 0.434 e. The van der Waals surface area contributed by atoms with Crippen LogP contribution in [0.3, 0.4) is 0 Å². The summed E-state index contributed by atoms with van der Waals surface area (Å²) >= 11 is 0. The van der Waals surface area contributed by atoms with E-state index in [4.69, 9.17) is 9.47 Å². The number of piperidine rings is 1. The molecule has 1 aliphatic heterocycles. The van der Waals surface area contributed by atoms with Crippen LogP contribution in [-0.4, -0.2) is 91.1 Å². The minimum atomic E-state index is -1.05. The first kappa shape index (κ1) is 39.5. The van der Waals surface area contributed by atoms with Crippen molar-refractivity contribution < 1.29 is 38.2 Å². The molecule has 2 aliphatic rings. The van der Waals surface area contributed by atoms with Gasteiger partial charge in [-0.25, -0.2) is 9.59 Å². The van der Waals surface area contributed by atoms with Crippen LogP contribution in [-0.2, 0) is 28.7 Å². The van der Waals surface area contributed by atoms with E-state index in [1.165, 1.54) is 11.0 Å². The molecule has 1 saturated carbocycles. The van der Waals surface area contributed by atoms with E-state index in [1.807, 2.05) is 69.2 Å². The normalized spacial score (nSPS) is 21.5. The van der Waals surface area contributed by atoms with E-state index < -0.39 is 65.3 Å². The van der Waals surface area contributed by atoms with Gasteiger partial charge in [0.05, 0.1) is 18.7 Å². The number of urea groups is 1. The molecule has 0 bridgehead atoms. The number of Topliss-reactive ketones (excluding diaryl/α,β-unsaturated/α-hetero) is 1. The Morgan fingerprint density at radius 2 is 1.60 bits per heavy atom. The van der Waals surface area contributed by atoms with Crippen molar-refractivity contribution in [2.24, 2.45) is 34.5 Å². The average Bonchev–Trinajstić information content (AvgIpc) is 3.28. The van der Waals surface area contributed by atoms with Gasteiger partial charge in [0.25, 0.3) is 5.91 Å². The van der Waals surface area contributed by atoms with Crippen molar-refractivity contribution in [2.45, 2.75) is 106 Å². The van der Waals surface area contributed by atoms with Crippen LogP contribution in [0.2, 0.25) is 0 Å². The summed E-state index contributed by atoms with van der Waals surface area (Å²) in [6, 6.07) is -4.13. The zero-order valence-corrected chi connectivity index (χ0v) is 29.9. The summed E-state index contributed by atoms with van der Waals surface area (Å²) in [7, 11) is 0. The lowest BCUT2D eigenvalue weighted by molar-refractivity contribution is -0.145. The fraction of sp³-hybridized carbons (Fsp3) is 0.765. The van der Waals surface area contributed by atoms with E-state index in [2.05, 4.69) is 27.8 Å². The molecule has 1 aliphatic carbocycles. The number of ether oxygens (including phenoxy) is 2. The van der Waals surface area contributed by atoms with E-state index in [0.29, 0.717) is 13.0 Å². The van der Waals surface area contributed by atoms with Crippen molar-refractivity contribution >= 4 is 35.7 Å². The lowest BCUT2D eigenvalue weighted by Crippen LogP contribution is -2.62. The quantitative estimate of drug-likeness (QED) is 0.111. The van der Waals surface area contributed by atoms with Crippen molar-refractivity contribution in [3.8, 4) is 0 Å². The van der Waals surface area contributed by atoms with E-state index >= 15 is 0 Å². The number of amides is 5. The molecule has 2 fully saturated rings. The van der Waals surface area contributed by atoms with Crippen LogP contribution in [0.5, 0.6) is 0 Å². The van der Waals surface area contributed by atoms with Crippen LogP contribution in [0.15, 0.2) is 12.7 Å². The number of fused-ring (bicyclic) bond motifs is 1. The molecule has 4 N–H and O–H groups in total. The number of rotatable bonds is 16. The minimum Gasteiger partial charge on any atom is -0.434 e. The van der Waals surface area contributed by atoms with Crippen molar-refractivity contribution in [3.05, 3.63) is 12.7 Å². The van der Waals surface area contributed by atoms with Gasteiger partial charge in [-0.1, -0.05) is 81.7 Å². The Kier molecular flexibility index (Phi) is 13.8. The number of carbonyl (C=O) groups is 6. The summed E-state index contributed by atoms with van der Waals surface area (Å²) in [5, 5.41) is 10.9. The van der Waals surface area contributed by atoms with Gasteiger partial charge < -0.3 is 35.6 Å². The van der Waals surface area contributed by atoms with Gasteiger partial charge >= 0.3 is 12.2 Å². The number of carbonyl (C=O) groups excluding carboxylic acids is 6. The lowest BCUT2D eigenvalue weighted by Gasteiger charge is -2.38. The third kappa shape index (κ3) is 10.4. The largest absolute Gasteiger partial charge is 0.508 e. The fourth-order valence-electron chi connectivity index (χ4n) is 6.03. The van der Waals surface area contributed by atoms with Crippen LogP contribution >= 0.6 is 0 Å². The Morgan fingerprint density at radius 3 is 2.13 bits per heavy atom. The van der Waals surface area contributed by atoms with E-state index in [0.717, 1.165) is 0 Å². The summed E-state index contributed by atoms with van der Waals surface area (Å²) in [5.41, 5.74) is -0.945. The highest BCUT2D eigenvalue weighted by atomic mass is 16.7. The second-order valence-corrected chi connectivity index (χ2v) is 15.1. The average molecular weight is 664 g/mol. The molecular formula is C34H57N5O8. The molecule has 0 spiro atoms. The molecule has 1 unspecified atom stereocenters. The predicted octanol–water partition coefficient (Wildman–Crippen LogP) is 3.17. The molecule has 5 amide bonds. The number of ketones is 1. The third-order valence-corrected chi connectivity index (χ3v) is 9.03. The molecule has 6 atom stereocenters. The van der Waals surface area contributed by atoms with Crippen molar-refractivity contribution in [2.75, 3.05) is 26.3 Å². The maximum absolute atomic E-state index is 14.2. The van der Waals surface area contributed by atoms with Crippen molar-refractivity contribution in [1.82, 2.24) is 26.2 Å². The van der Waals surface area contributed by atoms with Crippen LogP contribution in [0.4, 0.5) is 9.59 Å². The SMILES string of the molecule is C=CCNC(=O)C(=O)C(CCC)NC(=O)[C@@H]1[C@@H]2[C@H](CN1C(=O)[C@@H](NC(=O)N[C@H](COC(=O)OCC(C)C)C(C)C)C(C)(C)C)C2(C)C. The van der Waals surface area contributed by atoms with Gasteiger partial charge in [-0.05, 0) is 40.9 Å². The van der Waals surface area contributed by atoms with Crippen LogP contribution < -0.4 is 21.3 Å². The molecular weight excluding hydrogens is 606 g/mol. The van der Waals surface area contributed by atoms with Gasteiger partial charge in [0.15, 0.2) is 0 Å². The summed E-state index contributed by atoms with van der Waals surface area (Å²) in [6.07, 6.45) is 1.43. The molecule has 266 valence electrons. The van der Waals surface area contributed by atoms with Crippen molar-refractivity contribution in [1.29, 1.82) is 0 Å². The molecule has 0 aromatic rings. The number of nitrogens with zero attached hydrogens (tertiary/aromatic N) is 1. The van der Waals surface area contributed by atoms with E-state index in [-0.39, 0.29) is 55.3 Å². The van der Waals surface area contributed by atoms with Gasteiger partial charge in [0, 0.05) is 13.1 Å². The Bertz CT molecular complexity index is 1180. The second-order valence-electron chi connectivity index (χ2n) is 15.1. The first-order chi connectivity index (χ1) is 21.8. The maximum atomic E-state index is 14.2. The monoisotopic (exact) mass is 663 g/mol. The second kappa shape index (κ2) is 16.5. The van der Waals surface area contributed by atoms with Crippen LogP contribution in [0.1, 0.15) is 82.1 Å². The molecule has 47 heavy (non-hydrogen) atoms. The molecule has 0 aromatic carbocycles. The summed E-state index contributed by atoms with van der Waals surface area (Å²) < 4.78 is 10.3. The molecule has 13 heteroatoms. The topological polar surface area (TPSA) is 172 Å². The van der Waals surface area contributed by atoms with Crippen LogP contribution in [0, 0.1) is 34.5 Å². The highest BCUT2D eigenvalue weighted by Gasteiger charge is 2.70. The third-order valence-electron chi connectivity index (χ3n) is 9.03. The highest BCUT2D eigenvalue weighted by Crippen LogP contribution is 2.65. The number of likely N-dealkylation sites (tertiary alicyclic amines) is 1. The summed E-state index contributed by atoms with van der Waals surface area (Å²) in [5.74, 6) is -2.55. The molecule has 13 nitrogen and oxygen atoms in total. The fourth-order valence-corrected chi connectivity index (χ4v) is 6.03. The van der Waals surface area contributed by atoms with Gasteiger partial charge in [0.1, 0.15) is 18.7 Å². The summed E-state index contributed by atoms with van der Waals surface area (Å²) in [4.78, 5) is 80.2. The van der Waals surface area contributed by atoms with E-state index in [1.54, 1.807) is 0 Å². The molecule has 1 heterocycles. The van der Waals surface area contributed by atoms with Gasteiger partial charge in [-0.15, -0.1) is 6.58 Å². The van der Waals surface area contributed by atoms with Gasteiger partial charge in [-0.2, -0.15) is 0 Å². The first-order valence-corrected chi connectivity index (χ1v) is 16.7. The van der Waals surface area contributed by atoms with Gasteiger partial charge in [0.2, 0.25) is 17.6 Å². The number of nitrogens with one attached hydrogen (secondary N) is 4. The molecule has 2 rings (SSSR count). The van der Waals surface area contributed by atoms with Crippen molar-refractivity contribution in [3.63, 3.8) is 0 Å². The Morgan fingerprint density at radius 1 is 0.979 bits per heavy atom. The maximum Gasteiger partial charge on any atom is 0.508 e. The van der Waals surface area contributed by atoms with Crippen LogP contribution in [0.25, 0.3) is 0 Å². The predicted molar refractivity (Wildman–Crippen MR) is 177 cm³/mol. The molecule has 0 radical (unpaired) electrons. The number of hydrogen-bond acceptors (Lipinski definition) is 8. The molecule has 1 saturated heterocycles. The lowest BCUT2D eigenvalue weighted by atomic mass is 9.85. The summed E-state index contributed by atoms with van der Waals surface area (Å²) in [6.45, 7) is 23.0. The zero-order valence-electron chi connectivity index (χ0n) is 29.9. The number of hydrogen-bond donors (Lipinski definition) is 4. The Hall–Kier alpha value is -3.64. The minimum absolute atomic E-state index is 0.0609. The standard InChI is InChI=1S/C34H57N5O8/c1-12-14-22(26(40)29(42)35-15-13-2)36-28(41)25-24-21(34(24,10)11)16-39(25)30(43)27(33(7,8)9)38-31(44)37-23(20(5)6)18-47-32(45)46-17-19(3)4/h13,19-25,27H,2,12,14-18H2,1,3-11H3,(H,35,42)(H,36,41)(H2,37,38,44)/t21-,22?,23+,24-,25-,27+/m0/s1. The van der Waals surface area contributed by atoms with Gasteiger partial charge in [-0.3, -0.25) is 19.2 Å². The molecule has 0 aromatic heterocycles. The Labute approximate surface area is 279 Å². The highest BCUT2D eigenvalue weighted by molar-refractivity contribution is 6.38. The zero-order chi connectivity index (χ0) is 35.9.